The summed E-state index contributed by atoms with van der Waals surface area (Å²) >= 11 is 0. The molecular weight excluding hydrogens is 264 g/mol. The van der Waals surface area contributed by atoms with E-state index in [4.69, 9.17) is 5.73 Å². The fourth-order valence-corrected chi connectivity index (χ4v) is 2.70. The fourth-order valence-electron chi connectivity index (χ4n) is 1.66. The maximum atomic E-state index is 11.8. The van der Waals surface area contributed by atoms with Gasteiger partial charge in [-0.25, -0.2) is 17.8 Å². The molecule has 3 N–H and O–H groups in total. The summed E-state index contributed by atoms with van der Waals surface area (Å²) in [6, 6.07) is 6.47. The van der Waals surface area contributed by atoms with Gasteiger partial charge in [-0.3, -0.25) is 0 Å². The van der Waals surface area contributed by atoms with Crippen molar-refractivity contribution in [3.63, 3.8) is 0 Å². The number of aromatic nitrogens is 2. The molecule has 6 nitrogen and oxygen atoms in total. The van der Waals surface area contributed by atoms with Crippen molar-refractivity contribution < 1.29 is 8.42 Å². The van der Waals surface area contributed by atoms with Crippen LogP contribution in [0.5, 0.6) is 0 Å². The lowest BCUT2D eigenvalue weighted by Gasteiger charge is -2.06. The van der Waals surface area contributed by atoms with E-state index in [1.54, 1.807) is 42.1 Å². The van der Waals surface area contributed by atoms with Gasteiger partial charge in [-0.1, -0.05) is 6.92 Å². The van der Waals surface area contributed by atoms with Crippen LogP contribution in [0, 0.1) is 6.92 Å². The molecule has 2 aromatic rings. The van der Waals surface area contributed by atoms with Crippen LogP contribution >= 0.6 is 0 Å². The third kappa shape index (κ3) is 2.77. The number of hydrogen-bond donors (Lipinski definition) is 2. The van der Waals surface area contributed by atoms with Gasteiger partial charge in [0.2, 0.25) is 10.0 Å². The lowest BCUT2D eigenvalue weighted by atomic mass is 10.3. The van der Waals surface area contributed by atoms with Gasteiger partial charge in [-0.05, 0) is 31.2 Å². The molecule has 0 bridgehead atoms. The number of anilines is 1. The molecule has 0 radical (unpaired) electrons. The number of nitrogen functional groups attached to an aromatic ring is 1. The standard InChI is InChI=1S/C12H16N4O2S/c1-3-14-19(17,18)11-6-4-10(5-7-11)16-8-9(2)12(13)15-16/h4-8,14H,3H2,1-2H3,(H2,13,15). The van der Waals surface area contributed by atoms with Gasteiger partial charge in [0, 0.05) is 18.3 Å². The summed E-state index contributed by atoms with van der Waals surface area (Å²) in [6.07, 6.45) is 1.79. The minimum Gasteiger partial charge on any atom is -0.382 e. The Morgan fingerprint density at radius 2 is 1.95 bits per heavy atom. The highest BCUT2D eigenvalue weighted by molar-refractivity contribution is 7.89. The van der Waals surface area contributed by atoms with Crippen LogP contribution in [-0.4, -0.2) is 24.7 Å². The molecule has 1 aromatic heterocycles. The summed E-state index contributed by atoms with van der Waals surface area (Å²) in [5, 5.41) is 4.14. The van der Waals surface area contributed by atoms with Gasteiger partial charge in [0.25, 0.3) is 0 Å². The van der Waals surface area contributed by atoms with E-state index in [0.717, 1.165) is 11.3 Å². The predicted octanol–water partition coefficient (Wildman–Crippen LogP) is 1.06. The summed E-state index contributed by atoms with van der Waals surface area (Å²) in [6.45, 7) is 3.96. The van der Waals surface area contributed by atoms with Crippen LogP contribution in [0.2, 0.25) is 0 Å². The number of benzene rings is 1. The third-order valence-corrected chi connectivity index (χ3v) is 4.24. The second kappa shape index (κ2) is 5.02. The molecule has 0 amide bonds. The highest BCUT2D eigenvalue weighted by Crippen LogP contribution is 2.15. The van der Waals surface area contributed by atoms with Gasteiger partial charge in [-0.2, -0.15) is 5.10 Å². The summed E-state index contributed by atoms with van der Waals surface area (Å²) < 4.78 is 27.6. The topological polar surface area (TPSA) is 90.0 Å². The first kappa shape index (κ1) is 13.6. The first-order valence-electron chi connectivity index (χ1n) is 5.86. The molecule has 0 aliphatic carbocycles. The van der Waals surface area contributed by atoms with Crippen LogP contribution in [-0.2, 0) is 10.0 Å². The molecule has 2 rings (SSSR count). The molecule has 19 heavy (non-hydrogen) atoms. The lowest BCUT2D eigenvalue weighted by molar-refractivity contribution is 0.584. The van der Waals surface area contributed by atoms with Gasteiger partial charge in [0.05, 0.1) is 10.6 Å². The molecule has 0 aliphatic heterocycles. The highest BCUT2D eigenvalue weighted by atomic mass is 32.2. The van der Waals surface area contributed by atoms with E-state index >= 15 is 0 Å². The normalized spacial score (nSPS) is 11.7. The van der Waals surface area contributed by atoms with E-state index in [9.17, 15) is 8.42 Å². The van der Waals surface area contributed by atoms with Gasteiger partial charge in [-0.15, -0.1) is 0 Å². The van der Waals surface area contributed by atoms with Crippen molar-refractivity contribution in [2.24, 2.45) is 0 Å². The van der Waals surface area contributed by atoms with Crippen molar-refractivity contribution >= 4 is 15.8 Å². The molecule has 7 heteroatoms. The summed E-state index contributed by atoms with van der Waals surface area (Å²) in [4.78, 5) is 0.231. The molecule has 0 saturated heterocycles. The summed E-state index contributed by atoms with van der Waals surface area (Å²) in [5.74, 6) is 0.462. The van der Waals surface area contributed by atoms with Crippen molar-refractivity contribution in [3.8, 4) is 5.69 Å². The zero-order valence-electron chi connectivity index (χ0n) is 10.8. The number of nitrogens with two attached hydrogens (primary N) is 1. The molecule has 0 fully saturated rings. The number of nitrogens with one attached hydrogen (secondary N) is 1. The molecule has 0 saturated carbocycles. The average Bonchev–Trinajstić information content (AvgIpc) is 2.70. The molecule has 0 spiro atoms. The third-order valence-electron chi connectivity index (χ3n) is 2.68. The zero-order valence-corrected chi connectivity index (χ0v) is 11.6. The average molecular weight is 280 g/mol. The van der Waals surface area contributed by atoms with Crippen molar-refractivity contribution in [1.29, 1.82) is 0 Å². The van der Waals surface area contributed by atoms with Crippen LogP contribution in [0.3, 0.4) is 0 Å². The number of rotatable bonds is 4. The first-order valence-corrected chi connectivity index (χ1v) is 7.34. The number of hydrogen-bond acceptors (Lipinski definition) is 4. The van der Waals surface area contributed by atoms with E-state index in [2.05, 4.69) is 9.82 Å². The van der Waals surface area contributed by atoms with E-state index < -0.39 is 10.0 Å². The van der Waals surface area contributed by atoms with Crippen LogP contribution in [0.4, 0.5) is 5.82 Å². The van der Waals surface area contributed by atoms with Crippen LogP contribution in [0.1, 0.15) is 12.5 Å². The Hall–Kier alpha value is -1.86. The largest absolute Gasteiger partial charge is 0.382 e. The van der Waals surface area contributed by atoms with Gasteiger partial charge < -0.3 is 5.73 Å². The molecule has 1 aromatic carbocycles. The van der Waals surface area contributed by atoms with E-state index in [0.29, 0.717) is 12.4 Å². The minimum absolute atomic E-state index is 0.231. The van der Waals surface area contributed by atoms with Crippen LogP contribution < -0.4 is 10.5 Å². The van der Waals surface area contributed by atoms with Crippen LogP contribution in [0.25, 0.3) is 5.69 Å². The quantitative estimate of drug-likeness (QED) is 0.876. The Bertz CT molecular complexity index is 655. The summed E-state index contributed by atoms with van der Waals surface area (Å²) in [7, 11) is -3.42. The number of aryl methyl sites for hydroxylation is 1. The molecule has 0 unspecified atom stereocenters. The van der Waals surface area contributed by atoms with E-state index in [-0.39, 0.29) is 4.90 Å². The Balaban J connectivity index is 2.33. The minimum atomic E-state index is -3.42. The molecule has 1 heterocycles. The van der Waals surface area contributed by atoms with E-state index in [1.807, 2.05) is 6.92 Å². The molecule has 0 aliphatic rings. The Labute approximate surface area is 112 Å². The molecular formula is C12H16N4O2S. The Kier molecular flexibility index (Phi) is 3.59. The smallest absolute Gasteiger partial charge is 0.240 e. The van der Waals surface area contributed by atoms with Gasteiger partial charge in [0.15, 0.2) is 0 Å². The molecule has 0 atom stereocenters. The maximum absolute atomic E-state index is 11.8. The molecule has 102 valence electrons. The SMILES string of the molecule is CCNS(=O)(=O)c1ccc(-n2cc(C)c(N)n2)cc1. The summed E-state index contributed by atoms with van der Waals surface area (Å²) in [5.41, 5.74) is 7.32. The number of nitrogens with zero attached hydrogens (tertiary/aromatic N) is 2. The van der Waals surface area contributed by atoms with Gasteiger partial charge >= 0.3 is 0 Å². The fraction of sp³-hybridized carbons (Fsp3) is 0.250. The highest BCUT2D eigenvalue weighted by Gasteiger charge is 2.12. The van der Waals surface area contributed by atoms with E-state index in [1.165, 1.54) is 0 Å². The van der Waals surface area contributed by atoms with Crippen LogP contribution in [0.15, 0.2) is 35.4 Å². The van der Waals surface area contributed by atoms with Crippen molar-refractivity contribution in [3.05, 3.63) is 36.0 Å². The Morgan fingerprint density at radius 3 is 2.42 bits per heavy atom. The number of sulfonamides is 1. The van der Waals surface area contributed by atoms with Crippen molar-refractivity contribution in [1.82, 2.24) is 14.5 Å². The first-order chi connectivity index (χ1) is 8.94. The predicted molar refractivity (Wildman–Crippen MR) is 73.6 cm³/mol. The van der Waals surface area contributed by atoms with Crippen molar-refractivity contribution in [2.75, 3.05) is 12.3 Å². The Morgan fingerprint density at radius 1 is 1.32 bits per heavy atom. The lowest BCUT2D eigenvalue weighted by Crippen LogP contribution is -2.23. The van der Waals surface area contributed by atoms with Crippen molar-refractivity contribution in [2.45, 2.75) is 18.7 Å². The maximum Gasteiger partial charge on any atom is 0.240 e. The second-order valence-electron chi connectivity index (χ2n) is 4.14. The second-order valence-corrected chi connectivity index (χ2v) is 5.90. The monoisotopic (exact) mass is 280 g/mol. The zero-order chi connectivity index (χ0) is 14.0. The van der Waals surface area contributed by atoms with Gasteiger partial charge in [0.1, 0.15) is 5.82 Å².